The smallest absolute Gasteiger partial charge is 0.228 e. The van der Waals surface area contributed by atoms with Crippen molar-refractivity contribution < 1.29 is 18.4 Å². The van der Waals surface area contributed by atoms with Gasteiger partial charge < -0.3 is 16.0 Å². The summed E-state index contributed by atoms with van der Waals surface area (Å²) in [4.78, 5) is 34.8. The molecule has 0 saturated carbocycles. The van der Waals surface area contributed by atoms with Gasteiger partial charge in [-0.15, -0.1) is 5.10 Å². The summed E-state index contributed by atoms with van der Waals surface area (Å²) in [6.45, 7) is 2.73. The standard InChI is InChI=1S/C20H21F2N7O2/c1-9-2-3-10(8-28(9)19(31)11-4-15(30)24-7-11)17-26-18-13-5-12(21)6-14(22)16(13)25-20(23)29(18)27-17/h5-6,9-11H,2-4,7-8H2,1H3,(H2,23,25)(H,24,30)/t9-,10+,11?/m0/s1. The van der Waals surface area contributed by atoms with Crippen molar-refractivity contribution in [3.05, 3.63) is 29.6 Å². The molecule has 2 amide bonds. The molecule has 3 atom stereocenters. The molecule has 1 unspecified atom stereocenters. The first-order valence-electron chi connectivity index (χ1n) is 10.2. The third kappa shape index (κ3) is 3.24. The molecule has 4 heterocycles. The van der Waals surface area contributed by atoms with Crippen molar-refractivity contribution in [3.63, 3.8) is 0 Å². The van der Waals surface area contributed by atoms with Crippen molar-refractivity contribution in [2.45, 2.75) is 38.1 Å². The first kappa shape index (κ1) is 19.6. The fraction of sp³-hybridized carbons (Fsp3) is 0.450. The summed E-state index contributed by atoms with van der Waals surface area (Å²) in [5.41, 5.74) is 6.10. The molecular formula is C20H21F2N7O2. The molecule has 0 radical (unpaired) electrons. The van der Waals surface area contributed by atoms with Crippen LogP contribution in [0.25, 0.3) is 16.6 Å². The molecule has 2 saturated heterocycles. The van der Waals surface area contributed by atoms with Gasteiger partial charge in [-0.2, -0.15) is 4.52 Å². The van der Waals surface area contributed by atoms with Crippen LogP contribution < -0.4 is 11.1 Å². The van der Waals surface area contributed by atoms with E-state index in [0.29, 0.717) is 18.9 Å². The van der Waals surface area contributed by atoms with E-state index >= 15 is 0 Å². The van der Waals surface area contributed by atoms with Crippen LogP contribution in [0.2, 0.25) is 0 Å². The number of carbonyl (C=O) groups excluding carboxylic acids is 2. The third-order valence-corrected chi connectivity index (χ3v) is 6.19. The van der Waals surface area contributed by atoms with E-state index in [1.807, 2.05) is 6.92 Å². The average Bonchev–Trinajstić information content (AvgIpc) is 3.36. The Morgan fingerprint density at radius 2 is 2.06 bits per heavy atom. The second-order valence-corrected chi connectivity index (χ2v) is 8.28. The molecule has 0 bridgehead atoms. The highest BCUT2D eigenvalue weighted by molar-refractivity contribution is 5.92. The van der Waals surface area contributed by atoms with E-state index in [2.05, 4.69) is 20.4 Å². The van der Waals surface area contributed by atoms with Crippen LogP contribution in [-0.4, -0.2) is 55.4 Å². The van der Waals surface area contributed by atoms with Gasteiger partial charge in [-0.05, 0) is 25.8 Å². The van der Waals surface area contributed by atoms with E-state index in [-0.39, 0.29) is 58.6 Å². The summed E-state index contributed by atoms with van der Waals surface area (Å²) >= 11 is 0. The highest BCUT2D eigenvalue weighted by Gasteiger charge is 2.37. The monoisotopic (exact) mass is 429 g/mol. The van der Waals surface area contributed by atoms with Crippen LogP contribution in [-0.2, 0) is 9.59 Å². The molecule has 9 nitrogen and oxygen atoms in total. The van der Waals surface area contributed by atoms with Crippen LogP contribution in [0.3, 0.4) is 0 Å². The van der Waals surface area contributed by atoms with E-state index in [4.69, 9.17) is 5.73 Å². The number of hydrogen-bond donors (Lipinski definition) is 2. The topological polar surface area (TPSA) is 119 Å². The van der Waals surface area contributed by atoms with Crippen LogP contribution in [0, 0.1) is 17.6 Å². The lowest BCUT2D eigenvalue weighted by Crippen LogP contribution is -2.48. The molecule has 2 aromatic heterocycles. The molecule has 11 heteroatoms. The van der Waals surface area contributed by atoms with Gasteiger partial charge in [0.25, 0.3) is 0 Å². The van der Waals surface area contributed by atoms with Gasteiger partial charge >= 0.3 is 0 Å². The Morgan fingerprint density at radius 3 is 2.81 bits per heavy atom. The minimum atomic E-state index is -0.822. The average molecular weight is 429 g/mol. The number of nitrogen functional groups attached to an aromatic ring is 1. The van der Waals surface area contributed by atoms with Gasteiger partial charge in [0.05, 0.1) is 11.3 Å². The van der Waals surface area contributed by atoms with E-state index in [1.165, 1.54) is 4.52 Å². The molecule has 3 N–H and O–H groups in total. The lowest BCUT2D eigenvalue weighted by Gasteiger charge is -2.38. The van der Waals surface area contributed by atoms with Gasteiger partial charge in [0.15, 0.2) is 17.3 Å². The minimum Gasteiger partial charge on any atom is -0.368 e. The zero-order chi connectivity index (χ0) is 21.9. The van der Waals surface area contributed by atoms with E-state index in [0.717, 1.165) is 25.0 Å². The molecule has 2 fully saturated rings. The van der Waals surface area contributed by atoms with Crippen molar-refractivity contribution >= 4 is 34.3 Å². The number of aromatic nitrogens is 4. The SMILES string of the molecule is C[C@H]1CC[C@@H](c2nc3c4cc(F)cc(F)c4nc(N)n3n2)CN1C(=O)C1CNC(=O)C1. The molecule has 1 aromatic carbocycles. The predicted molar refractivity (Wildman–Crippen MR) is 107 cm³/mol. The van der Waals surface area contributed by atoms with E-state index in [1.54, 1.807) is 4.90 Å². The lowest BCUT2D eigenvalue weighted by atomic mass is 9.91. The Bertz CT molecular complexity index is 1230. The summed E-state index contributed by atoms with van der Waals surface area (Å²) in [5.74, 6) is -1.89. The number of rotatable bonds is 2. The first-order chi connectivity index (χ1) is 14.8. The second-order valence-electron chi connectivity index (χ2n) is 8.28. The Hall–Kier alpha value is -3.37. The number of halogens is 2. The summed E-state index contributed by atoms with van der Waals surface area (Å²) in [7, 11) is 0. The van der Waals surface area contributed by atoms with Gasteiger partial charge in [-0.25, -0.2) is 18.7 Å². The lowest BCUT2D eigenvalue weighted by molar-refractivity contribution is -0.139. The van der Waals surface area contributed by atoms with Crippen LogP contribution in [0.1, 0.15) is 37.9 Å². The number of likely N-dealkylation sites (tertiary alicyclic amines) is 1. The van der Waals surface area contributed by atoms with Crippen LogP contribution >= 0.6 is 0 Å². The van der Waals surface area contributed by atoms with Gasteiger partial charge in [-0.3, -0.25) is 9.59 Å². The van der Waals surface area contributed by atoms with Crippen LogP contribution in [0.4, 0.5) is 14.7 Å². The quantitative estimate of drug-likeness (QED) is 0.635. The summed E-state index contributed by atoms with van der Waals surface area (Å²) in [6.07, 6.45) is 1.69. The van der Waals surface area contributed by atoms with Gasteiger partial charge in [0.2, 0.25) is 17.8 Å². The maximum absolute atomic E-state index is 14.2. The van der Waals surface area contributed by atoms with Crippen molar-refractivity contribution in [2.75, 3.05) is 18.8 Å². The number of nitrogens with two attached hydrogens (primary N) is 1. The molecule has 31 heavy (non-hydrogen) atoms. The fourth-order valence-corrected chi connectivity index (χ4v) is 4.49. The van der Waals surface area contributed by atoms with Gasteiger partial charge in [-0.1, -0.05) is 0 Å². The largest absolute Gasteiger partial charge is 0.368 e. The molecule has 2 aliphatic rings. The Balaban J connectivity index is 1.50. The van der Waals surface area contributed by atoms with Crippen LogP contribution in [0.15, 0.2) is 12.1 Å². The van der Waals surface area contributed by atoms with E-state index < -0.39 is 11.6 Å². The molecule has 5 rings (SSSR count). The van der Waals surface area contributed by atoms with Crippen molar-refractivity contribution in [1.29, 1.82) is 0 Å². The summed E-state index contributed by atoms with van der Waals surface area (Å²) < 4.78 is 29.3. The highest BCUT2D eigenvalue weighted by Crippen LogP contribution is 2.32. The fourth-order valence-electron chi connectivity index (χ4n) is 4.49. The number of hydrogen-bond acceptors (Lipinski definition) is 6. The van der Waals surface area contributed by atoms with Crippen molar-refractivity contribution in [1.82, 2.24) is 29.8 Å². The van der Waals surface area contributed by atoms with E-state index in [9.17, 15) is 18.4 Å². The molecule has 162 valence electrons. The second kappa shape index (κ2) is 7.10. The zero-order valence-electron chi connectivity index (χ0n) is 16.8. The van der Waals surface area contributed by atoms with Gasteiger partial charge in [0, 0.05) is 37.5 Å². The first-order valence-corrected chi connectivity index (χ1v) is 10.2. The number of carbonyl (C=O) groups is 2. The highest BCUT2D eigenvalue weighted by atomic mass is 19.1. The Labute approximate surface area is 175 Å². The number of nitrogens with zero attached hydrogens (tertiary/aromatic N) is 5. The molecular weight excluding hydrogens is 408 g/mol. The Kier molecular flexibility index (Phi) is 4.49. The van der Waals surface area contributed by atoms with Crippen molar-refractivity contribution in [2.24, 2.45) is 5.92 Å². The third-order valence-electron chi connectivity index (χ3n) is 6.19. The molecule has 3 aromatic rings. The number of benzene rings is 1. The predicted octanol–water partition coefficient (Wildman–Crippen LogP) is 1.37. The number of piperidine rings is 1. The maximum Gasteiger partial charge on any atom is 0.228 e. The zero-order valence-corrected chi connectivity index (χ0v) is 16.8. The minimum absolute atomic E-state index is 0.0345. The Morgan fingerprint density at radius 1 is 1.26 bits per heavy atom. The molecule has 0 spiro atoms. The number of anilines is 1. The number of amides is 2. The van der Waals surface area contributed by atoms with Gasteiger partial charge in [0.1, 0.15) is 11.3 Å². The maximum atomic E-state index is 14.2. The summed E-state index contributed by atoms with van der Waals surface area (Å²) in [5, 5.41) is 7.32. The summed E-state index contributed by atoms with van der Waals surface area (Å²) in [6, 6.07) is 1.94. The van der Waals surface area contributed by atoms with Crippen LogP contribution in [0.5, 0.6) is 0 Å². The van der Waals surface area contributed by atoms with Crippen molar-refractivity contribution in [3.8, 4) is 0 Å². The number of nitrogens with one attached hydrogen (secondary N) is 1. The molecule has 2 aliphatic heterocycles. The number of fused-ring (bicyclic) bond motifs is 3. The molecule has 0 aliphatic carbocycles. The normalized spacial score (nSPS) is 24.2.